The maximum Gasteiger partial charge on any atom is 0.0159 e. The summed E-state index contributed by atoms with van der Waals surface area (Å²) in [7, 11) is 0. The molecule has 0 radical (unpaired) electrons. The van der Waals surface area contributed by atoms with Crippen molar-refractivity contribution in [2.45, 2.75) is 44.9 Å². The van der Waals surface area contributed by atoms with Crippen LogP contribution in [0.4, 0.5) is 0 Å². The largest absolute Gasteiger partial charge is 0.0760 e. The summed E-state index contributed by atoms with van der Waals surface area (Å²) in [5, 5.41) is 16.3. The molecule has 3 aliphatic rings. The van der Waals surface area contributed by atoms with E-state index in [1.54, 1.807) is 0 Å². The van der Waals surface area contributed by atoms with Crippen molar-refractivity contribution in [2.24, 2.45) is 5.92 Å². The van der Waals surface area contributed by atoms with Crippen molar-refractivity contribution in [1.29, 1.82) is 0 Å². The molecule has 0 bridgehead atoms. The summed E-state index contributed by atoms with van der Waals surface area (Å²) in [6.07, 6.45) is 6.09. The van der Waals surface area contributed by atoms with Gasteiger partial charge in [-0.1, -0.05) is 161 Å². The zero-order valence-electron chi connectivity index (χ0n) is 31.2. The summed E-state index contributed by atoms with van der Waals surface area (Å²) >= 11 is 0. The lowest BCUT2D eigenvalue weighted by atomic mass is 9.73. The van der Waals surface area contributed by atoms with Gasteiger partial charge in [0.2, 0.25) is 0 Å². The van der Waals surface area contributed by atoms with Crippen LogP contribution in [0.1, 0.15) is 61.9 Å². The topological polar surface area (TPSA) is 0 Å². The summed E-state index contributed by atoms with van der Waals surface area (Å²) in [6.45, 7) is 9.67. The first kappa shape index (κ1) is 30.5. The zero-order valence-corrected chi connectivity index (χ0v) is 31.2. The van der Waals surface area contributed by atoms with Crippen molar-refractivity contribution < 1.29 is 0 Å². The van der Waals surface area contributed by atoms with Gasteiger partial charge in [-0.15, -0.1) is 0 Å². The quantitative estimate of drug-likeness (QED) is 0.159. The highest BCUT2D eigenvalue weighted by molar-refractivity contribution is 6.29. The van der Waals surface area contributed by atoms with E-state index in [9.17, 15) is 0 Å². The standard InChI is InChI=1S/C54H40/c1-53(2)47-25-21-33(31-19-23-39-37-13-6-5-11-35(37)36-12-7-8-14-38(36)43(39)27-31)29-45(47)46-30-34(22-26-48(46)53)32-20-24-40-41-15-9-17-49-51(41)52-42(44(40)28-32)16-10-18-50(52)54(49,3)4/h5-25,27-30,48H,26H2,1-4H3. The van der Waals surface area contributed by atoms with E-state index in [4.69, 9.17) is 0 Å². The van der Waals surface area contributed by atoms with Crippen LogP contribution in [0, 0.1) is 5.92 Å². The molecule has 3 aliphatic carbocycles. The Morgan fingerprint density at radius 3 is 1.57 bits per heavy atom. The average Bonchev–Trinajstić information content (AvgIpc) is 3.59. The van der Waals surface area contributed by atoms with Gasteiger partial charge in [0.1, 0.15) is 0 Å². The average molecular weight is 689 g/mol. The lowest BCUT2D eigenvalue weighted by Crippen LogP contribution is -2.24. The van der Waals surface area contributed by atoms with Crippen molar-refractivity contribution in [3.05, 3.63) is 179 Å². The predicted octanol–water partition coefficient (Wildman–Crippen LogP) is 14.7. The Labute approximate surface area is 316 Å². The normalized spacial score (nSPS) is 17.9. The highest BCUT2D eigenvalue weighted by Gasteiger charge is 2.43. The number of rotatable bonds is 2. The molecule has 0 spiro atoms. The maximum atomic E-state index is 2.53. The van der Waals surface area contributed by atoms with Crippen LogP contribution in [-0.2, 0) is 10.8 Å². The second kappa shape index (κ2) is 10.4. The Balaban J connectivity index is 1.01. The summed E-state index contributed by atoms with van der Waals surface area (Å²) in [6, 6.07) is 53.3. The van der Waals surface area contributed by atoms with Crippen LogP contribution >= 0.6 is 0 Å². The third-order valence-electron chi connectivity index (χ3n) is 13.9. The molecule has 1 unspecified atom stereocenters. The van der Waals surface area contributed by atoms with Gasteiger partial charge >= 0.3 is 0 Å². The molecular weight excluding hydrogens is 649 g/mol. The lowest BCUT2D eigenvalue weighted by Gasteiger charge is -2.30. The minimum Gasteiger partial charge on any atom is -0.0760 e. The zero-order chi connectivity index (χ0) is 36.1. The molecule has 0 aromatic heterocycles. The lowest BCUT2D eigenvalue weighted by molar-refractivity contribution is 0.415. The number of fused-ring (bicyclic) bond motifs is 12. The smallest absolute Gasteiger partial charge is 0.0159 e. The highest BCUT2D eigenvalue weighted by Crippen LogP contribution is 2.56. The molecule has 0 heteroatoms. The fourth-order valence-electron chi connectivity index (χ4n) is 11.1. The van der Waals surface area contributed by atoms with Crippen LogP contribution < -0.4 is 0 Å². The molecule has 0 N–H and O–H groups in total. The van der Waals surface area contributed by atoms with Gasteiger partial charge in [0.25, 0.3) is 0 Å². The first-order valence-electron chi connectivity index (χ1n) is 19.6. The first-order valence-corrected chi connectivity index (χ1v) is 19.6. The predicted molar refractivity (Wildman–Crippen MR) is 233 cm³/mol. The molecule has 1 atom stereocenters. The van der Waals surface area contributed by atoms with Gasteiger partial charge in [-0.3, -0.25) is 0 Å². The van der Waals surface area contributed by atoms with Crippen LogP contribution in [-0.4, -0.2) is 0 Å². The fourth-order valence-corrected chi connectivity index (χ4v) is 11.1. The summed E-state index contributed by atoms with van der Waals surface area (Å²) < 4.78 is 0. The van der Waals surface area contributed by atoms with E-state index in [2.05, 4.69) is 179 Å². The second-order valence-electron chi connectivity index (χ2n) is 17.2. The van der Waals surface area contributed by atoms with E-state index in [0.717, 1.165) is 6.42 Å². The molecule has 12 rings (SSSR count). The van der Waals surface area contributed by atoms with Gasteiger partial charge in [-0.2, -0.15) is 0 Å². The van der Waals surface area contributed by atoms with Crippen LogP contribution in [0.3, 0.4) is 0 Å². The molecule has 0 aliphatic heterocycles. The third-order valence-corrected chi connectivity index (χ3v) is 13.9. The SMILES string of the molecule is CC1(C)c2cccc3c4ccc(C5=CCC6C(=C5)c5cc(-c7ccc8c9ccccc9c9ccccc9c8c7)ccc5C6(C)C)cc4c4cccc1c4c23. The highest BCUT2D eigenvalue weighted by atomic mass is 14.5. The van der Waals surface area contributed by atoms with E-state index >= 15 is 0 Å². The van der Waals surface area contributed by atoms with Crippen LogP contribution in [0.2, 0.25) is 0 Å². The minimum atomic E-state index is 0.00340. The van der Waals surface area contributed by atoms with Crippen LogP contribution in [0.25, 0.3) is 86.9 Å². The molecular formula is C54H40. The minimum absolute atomic E-state index is 0.00340. The fraction of sp³-hybridized carbons (Fsp3) is 0.148. The molecule has 0 nitrogen and oxygen atoms in total. The van der Waals surface area contributed by atoms with Crippen molar-refractivity contribution in [3.8, 4) is 11.1 Å². The van der Waals surface area contributed by atoms with Gasteiger partial charge in [0.05, 0.1) is 0 Å². The van der Waals surface area contributed by atoms with Crippen molar-refractivity contribution in [2.75, 3.05) is 0 Å². The Kier molecular flexibility index (Phi) is 5.85. The molecule has 0 heterocycles. The van der Waals surface area contributed by atoms with Crippen molar-refractivity contribution in [1.82, 2.24) is 0 Å². The molecule has 0 saturated heterocycles. The summed E-state index contributed by atoms with van der Waals surface area (Å²) in [5.74, 6) is 0.459. The molecule has 256 valence electrons. The van der Waals surface area contributed by atoms with Gasteiger partial charge < -0.3 is 0 Å². The molecule has 9 aromatic carbocycles. The molecule has 0 fully saturated rings. The van der Waals surface area contributed by atoms with E-state index in [1.807, 2.05) is 0 Å². The number of hydrogen-bond acceptors (Lipinski definition) is 0. The van der Waals surface area contributed by atoms with E-state index < -0.39 is 0 Å². The Morgan fingerprint density at radius 2 is 0.907 bits per heavy atom. The second-order valence-corrected chi connectivity index (χ2v) is 17.2. The molecule has 9 aromatic rings. The Bertz CT molecular complexity index is 3200. The van der Waals surface area contributed by atoms with Gasteiger partial charge in [-0.05, 0) is 151 Å². The van der Waals surface area contributed by atoms with Crippen molar-refractivity contribution >= 4 is 75.8 Å². The number of hydrogen-bond donors (Lipinski definition) is 0. The van der Waals surface area contributed by atoms with Gasteiger partial charge in [-0.25, -0.2) is 0 Å². The number of benzene rings is 9. The molecule has 54 heavy (non-hydrogen) atoms. The third kappa shape index (κ3) is 3.83. The first-order chi connectivity index (χ1) is 26.3. The van der Waals surface area contributed by atoms with Crippen LogP contribution in [0.15, 0.2) is 152 Å². The number of allylic oxidation sites excluding steroid dienone is 4. The Hall–Kier alpha value is -5.98. The van der Waals surface area contributed by atoms with E-state index in [0.29, 0.717) is 5.92 Å². The summed E-state index contributed by atoms with van der Waals surface area (Å²) in [4.78, 5) is 0. The van der Waals surface area contributed by atoms with E-state index in [-0.39, 0.29) is 10.8 Å². The Morgan fingerprint density at radius 1 is 0.426 bits per heavy atom. The monoisotopic (exact) mass is 688 g/mol. The van der Waals surface area contributed by atoms with Gasteiger partial charge in [0.15, 0.2) is 0 Å². The van der Waals surface area contributed by atoms with Crippen LogP contribution in [0.5, 0.6) is 0 Å². The maximum absolute atomic E-state index is 2.53. The van der Waals surface area contributed by atoms with Gasteiger partial charge in [0, 0.05) is 5.41 Å². The molecule has 0 saturated carbocycles. The summed E-state index contributed by atoms with van der Waals surface area (Å²) in [5.41, 5.74) is 12.6. The van der Waals surface area contributed by atoms with E-state index in [1.165, 1.54) is 115 Å². The van der Waals surface area contributed by atoms with Crippen molar-refractivity contribution in [3.63, 3.8) is 0 Å². The molecule has 0 amide bonds.